The molecule has 1 N–H and O–H groups in total. The second kappa shape index (κ2) is 6.74. The Morgan fingerprint density at radius 3 is 2.71 bits per heavy atom. The maximum absolute atomic E-state index is 11.6. The highest BCUT2D eigenvalue weighted by Gasteiger charge is 2.16. The van der Waals surface area contributed by atoms with E-state index in [0.29, 0.717) is 5.82 Å². The van der Waals surface area contributed by atoms with Gasteiger partial charge in [-0.1, -0.05) is 17.7 Å². The predicted molar refractivity (Wildman–Crippen MR) is 84.3 cm³/mol. The summed E-state index contributed by atoms with van der Waals surface area (Å²) in [6.07, 6.45) is 9.63. The molecule has 0 saturated heterocycles. The van der Waals surface area contributed by atoms with Gasteiger partial charge >= 0.3 is 6.09 Å². The Balaban J connectivity index is 1.89. The monoisotopic (exact) mass is 288 g/mol. The van der Waals surface area contributed by atoms with Crippen LogP contribution in [0.3, 0.4) is 0 Å². The summed E-state index contributed by atoms with van der Waals surface area (Å²) in [4.78, 5) is 15.9. The number of hydrogen-bond acceptors (Lipinski definition) is 3. The fourth-order valence-electron chi connectivity index (χ4n) is 2.34. The van der Waals surface area contributed by atoms with E-state index in [4.69, 9.17) is 4.74 Å². The minimum absolute atomic E-state index is 0.474. The molecule has 4 nitrogen and oxygen atoms in total. The van der Waals surface area contributed by atoms with Gasteiger partial charge in [-0.2, -0.15) is 0 Å². The SMILES string of the molecule is CC(C)(C)OC(=O)Nc1ccc(CC2=CCCCC2)cn1. The molecular formula is C17H24N2O2. The number of anilines is 1. The Morgan fingerprint density at radius 2 is 2.14 bits per heavy atom. The molecule has 1 heterocycles. The molecule has 0 spiro atoms. The summed E-state index contributed by atoms with van der Waals surface area (Å²) in [5.41, 5.74) is 2.17. The number of allylic oxidation sites excluding steroid dienone is 2. The Morgan fingerprint density at radius 1 is 1.33 bits per heavy atom. The summed E-state index contributed by atoms with van der Waals surface area (Å²) in [5.74, 6) is 0.519. The first kappa shape index (κ1) is 15.5. The van der Waals surface area contributed by atoms with Gasteiger partial charge in [-0.25, -0.2) is 9.78 Å². The summed E-state index contributed by atoms with van der Waals surface area (Å²) in [6, 6.07) is 3.83. The molecule has 1 aliphatic carbocycles. The van der Waals surface area contributed by atoms with E-state index in [2.05, 4.69) is 16.4 Å². The van der Waals surface area contributed by atoms with Gasteiger partial charge in [0.1, 0.15) is 11.4 Å². The van der Waals surface area contributed by atoms with Crippen molar-refractivity contribution in [2.45, 2.75) is 58.5 Å². The summed E-state index contributed by atoms with van der Waals surface area (Å²) < 4.78 is 5.19. The number of rotatable bonds is 3. The van der Waals surface area contributed by atoms with Crippen LogP contribution < -0.4 is 5.32 Å². The zero-order valence-corrected chi connectivity index (χ0v) is 13.1. The highest BCUT2D eigenvalue weighted by Crippen LogP contribution is 2.21. The molecule has 0 bridgehead atoms. The highest BCUT2D eigenvalue weighted by atomic mass is 16.6. The number of pyridine rings is 1. The molecule has 2 rings (SSSR count). The van der Waals surface area contributed by atoms with Crippen LogP contribution in [-0.2, 0) is 11.2 Å². The minimum Gasteiger partial charge on any atom is -0.444 e. The van der Waals surface area contributed by atoms with Crippen LogP contribution >= 0.6 is 0 Å². The zero-order valence-electron chi connectivity index (χ0n) is 13.1. The molecule has 0 unspecified atom stereocenters. The maximum Gasteiger partial charge on any atom is 0.413 e. The summed E-state index contributed by atoms with van der Waals surface area (Å²) >= 11 is 0. The van der Waals surface area contributed by atoms with E-state index in [-0.39, 0.29) is 0 Å². The van der Waals surface area contributed by atoms with Crippen molar-refractivity contribution >= 4 is 11.9 Å². The zero-order chi connectivity index (χ0) is 15.3. The molecule has 114 valence electrons. The Labute approximate surface area is 126 Å². The van der Waals surface area contributed by atoms with Crippen molar-refractivity contribution in [3.8, 4) is 0 Å². The van der Waals surface area contributed by atoms with Crippen LogP contribution in [-0.4, -0.2) is 16.7 Å². The molecule has 1 aromatic rings. The van der Waals surface area contributed by atoms with Crippen molar-refractivity contribution in [1.29, 1.82) is 0 Å². The van der Waals surface area contributed by atoms with E-state index in [0.717, 1.165) is 6.42 Å². The summed E-state index contributed by atoms with van der Waals surface area (Å²) in [5, 5.41) is 2.64. The lowest BCUT2D eigenvalue weighted by Crippen LogP contribution is -2.27. The Kier molecular flexibility index (Phi) is 4.99. The van der Waals surface area contributed by atoms with Gasteiger partial charge in [-0.3, -0.25) is 5.32 Å². The first-order valence-corrected chi connectivity index (χ1v) is 7.55. The van der Waals surface area contributed by atoms with Gasteiger partial charge in [0, 0.05) is 6.20 Å². The Hall–Kier alpha value is -1.84. The number of ether oxygens (including phenoxy) is 1. The highest BCUT2D eigenvalue weighted by molar-refractivity contribution is 5.83. The van der Waals surface area contributed by atoms with Crippen LogP contribution in [0.1, 0.15) is 52.0 Å². The van der Waals surface area contributed by atoms with Gasteiger partial charge in [0.25, 0.3) is 0 Å². The van der Waals surface area contributed by atoms with E-state index in [1.54, 1.807) is 0 Å². The molecule has 0 saturated carbocycles. The van der Waals surface area contributed by atoms with E-state index in [9.17, 15) is 4.79 Å². The van der Waals surface area contributed by atoms with Crippen molar-refractivity contribution < 1.29 is 9.53 Å². The first-order valence-electron chi connectivity index (χ1n) is 7.55. The lowest BCUT2D eigenvalue weighted by molar-refractivity contribution is 0.0635. The minimum atomic E-state index is -0.502. The molecule has 21 heavy (non-hydrogen) atoms. The van der Waals surface area contributed by atoms with Crippen molar-refractivity contribution in [3.63, 3.8) is 0 Å². The van der Waals surface area contributed by atoms with Crippen LogP contribution in [0.25, 0.3) is 0 Å². The second-order valence-corrected chi connectivity index (χ2v) is 6.46. The number of nitrogens with zero attached hydrogens (tertiary/aromatic N) is 1. The van der Waals surface area contributed by atoms with Crippen LogP contribution in [0.4, 0.5) is 10.6 Å². The molecule has 4 heteroatoms. The molecule has 0 aliphatic heterocycles. The average Bonchev–Trinajstić information content (AvgIpc) is 2.40. The number of amides is 1. The maximum atomic E-state index is 11.6. The van der Waals surface area contributed by atoms with Crippen molar-refractivity contribution in [2.24, 2.45) is 0 Å². The second-order valence-electron chi connectivity index (χ2n) is 6.46. The quantitative estimate of drug-likeness (QED) is 0.835. The van der Waals surface area contributed by atoms with Crippen molar-refractivity contribution in [1.82, 2.24) is 4.98 Å². The fourth-order valence-corrected chi connectivity index (χ4v) is 2.34. The molecule has 1 amide bonds. The largest absolute Gasteiger partial charge is 0.444 e. The molecular weight excluding hydrogens is 264 g/mol. The molecule has 0 fully saturated rings. The van der Waals surface area contributed by atoms with Gasteiger partial charge in [-0.15, -0.1) is 0 Å². The number of hydrogen-bond donors (Lipinski definition) is 1. The molecule has 0 atom stereocenters. The lowest BCUT2D eigenvalue weighted by atomic mass is 9.95. The summed E-state index contributed by atoms with van der Waals surface area (Å²) in [6.45, 7) is 5.50. The Bertz CT molecular complexity index is 513. The van der Waals surface area contributed by atoms with Crippen LogP contribution in [0.15, 0.2) is 30.0 Å². The first-order chi connectivity index (χ1) is 9.92. The number of nitrogens with one attached hydrogen (secondary N) is 1. The molecule has 0 aromatic carbocycles. The van der Waals surface area contributed by atoms with Gasteiger partial charge in [0.15, 0.2) is 0 Å². The van der Waals surface area contributed by atoms with Gasteiger partial charge in [-0.05, 0) is 64.5 Å². The number of carbonyl (C=O) groups is 1. The van der Waals surface area contributed by atoms with Gasteiger partial charge in [0.05, 0.1) is 0 Å². The van der Waals surface area contributed by atoms with E-state index < -0.39 is 11.7 Å². The molecule has 0 radical (unpaired) electrons. The third-order valence-corrected chi connectivity index (χ3v) is 3.27. The van der Waals surface area contributed by atoms with Crippen LogP contribution in [0, 0.1) is 0 Å². The topological polar surface area (TPSA) is 51.2 Å². The normalized spacial score (nSPS) is 15.3. The van der Waals surface area contributed by atoms with Crippen LogP contribution in [0.5, 0.6) is 0 Å². The van der Waals surface area contributed by atoms with E-state index in [1.165, 1.54) is 36.8 Å². The van der Waals surface area contributed by atoms with Gasteiger partial charge in [0.2, 0.25) is 0 Å². The fraction of sp³-hybridized carbons (Fsp3) is 0.529. The molecule has 1 aliphatic rings. The van der Waals surface area contributed by atoms with E-state index in [1.807, 2.05) is 39.1 Å². The summed E-state index contributed by atoms with van der Waals surface area (Å²) in [7, 11) is 0. The smallest absolute Gasteiger partial charge is 0.413 e. The third-order valence-electron chi connectivity index (χ3n) is 3.27. The average molecular weight is 288 g/mol. The number of carbonyl (C=O) groups excluding carboxylic acids is 1. The van der Waals surface area contributed by atoms with E-state index >= 15 is 0 Å². The van der Waals surface area contributed by atoms with Crippen LogP contribution in [0.2, 0.25) is 0 Å². The van der Waals surface area contributed by atoms with Crippen molar-refractivity contribution in [3.05, 3.63) is 35.5 Å². The predicted octanol–water partition coefficient (Wildman–Crippen LogP) is 4.47. The van der Waals surface area contributed by atoms with Crippen molar-refractivity contribution in [2.75, 3.05) is 5.32 Å². The third kappa shape index (κ3) is 5.58. The number of aromatic nitrogens is 1. The standard InChI is InChI=1S/C17H24N2O2/c1-17(2,3)21-16(20)19-15-10-9-14(12-18-15)11-13-7-5-4-6-8-13/h7,9-10,12H,4-6,8,11H2,1-3H3,(H,18,19,20). The molecule has 1 aromatic heterocycles. The van der Waals surface area contributed by atoms with Gasteiger partial charge < -0.3 is 4.74 Å². The lowest BCUT2D eigenvalue weighted by Gasteiger charge is -2.19.